The molecule has 0 aliphatic carbocycles. The molecule has 0 fully saturated rings. The molecule has 8 nitrogen and oxygen atoms in total. The maximum absolute atomic E-state index is 12.2. The Balaban J connectivity index is 1.95. The largest absolute Gasteiger partial charge is 0.454 e. The lowest BCUT2D eigenvalue weighted by molar-refractivity contribution is 0.0829. The zero-order chi connectivity index (χ0) is 21.6. The number of sulfone groups is 1. The van der Waals surface area contributed by atoms with Crippen molar-refractivity contribution in [2.45, 2.75) is 44.4 Å². The number of hydrogen-bond acceptors (Lipinski definition) is 6. The van der Waals surface area contributed by atoms with Crippen molar-refractivity contribution in [3.8, 4) is 0 Å². The fourth-order valence-corrected chi connectivity index (χ4v) is 3.63. The molecule has 2 amide bonds. The summed E-state index contributed by atoms with van der Waals surface area (Å²) >= 11 is 0. The lowest BCUT2D eigenvalue weighted by Gasteiger charge is -2.15. The van der Waals surface area contributed by atoms with Crippen LogP contribution in [0, 0.1) is 0 Å². The van der Waals surface area contributed by atoms with Gasteiger partial charge in [-0.1, -0.05) is 13.8 Å². The van der Waals surface area contributed by atoms with E-state index in [-0.39, 0.29) is 16.2 Å². The maximum Gasteiger partial charge on any atom is 0.305 e. The Morgan fingerprint density at radius 2 is 1.55 bits per heavy atom. The van der Waals surface area contributed by atoms with Crippen LogP contribution in [-0.4, -0.2) is 43.5 Å². The summed E-state index contributed by atoms with van der Waals surface area (Å²) in [7, 11) is -3.41. The molecule has 0 radical (unpaired) electrons. The third-order valence-electron chi connectivity index (χ3n) is 4.51. The first-order valence-electron chi connectivity index (χ1n) is 9.44. The Morgan fingerprint density at radius 3 is 2.10 bits per heavy atom. The zero-order valence-corrected chi connectivity index (χ0v) is 17.9. The van der Waals surface area contributed by atoms with Crippen molar-refractivity contribution >= 4 is 21.7 Å². The molecule has 2 N–H and O–H groups in total. The molecule has 0 spiro atoms. The van der Waals surface area contributed by atoms with Gasteiger partial charge in [-0.25, -0.2) is 8.42 Å². The Kier molecular flexibility index (Phi) is 7.58. The minimum atomic E-state index is -3.41. The van der Waals surface area contributed by atoms with Crippen LogP contribution in [-0.2, 0) is 16.4 Å². The molecule has 2 aromatic rings. The first-order chi connectivity index (χ1) is 13.7. The number of nitrogens with zero attached hydrogens (tertiary/aromatic N) is 1. The zero-order valence-electron chi connectivity index (χ0n) is 17.1. The molecule has 0 aliphatic rings. The molecule has 0 aliphatic heterocycles. The molecule has 0 bridgehead atoms. The monoisotopic (exact) mass is 421 g/mol. The molecule has 1 aromatic carbocycles. The summed E-state index contributed by atoms with van der Waals surface area (Å²) in [6, 6.07) is 8.81. The molecular formula is C20H27N3O5S. The number of nitrogens with one attached hydrogen (secondary N) is 2. The van der Waals surface area contributed by atoms with Crippen molar-refractivity contribution in [3.63, 3.8) is 0 Å². The summed E-state index contributed by atoms with van der Waals surface area (Å²) in [4.78, 5) is 26.6. The fourth-order valence-electron chi connectivity index (χ4n) is 2.57. The van der Waals surface area contributed by atoms with Crippen molar-refractivity contribution in [2.24, 2.45) is 0 Å². The van der Waals surface area contributed by atoms with Gasteiger partial charge >= 0.3 is 5.91 Å². The van der Waals surface area contributed by atoms with Crippen LogP contribution in [0.4, 0.5) is 0 Å². The molecule has 0 saturated heterocycles. The van der Waals surface area contributed by atoms with E-state index in [1.54, 1.807) is 26.0 Å². The minimum absolute atomic E-state index is 0.0887. The average molecular weight is 422 g/mol. The summed E-state index contributed by atoms with van der Waals surface area (Å²) in [5.41, 5.74) is 4.80. The lowest BCUT2D eigenvalue weighted by atomic mass is 10.2. The molecule has 1 heterocycles. The van der Waals surface area contributed by atoms with Crippen LogP contribution in [0.5, 0.6) is 0 Å². The van der Waals surface area contributed by atoms with Crippen LogP contribution >= 0.6 is 0 Å². The van der Waals surface area contributed by atoms with Gasteiger partial charge in [-0.3, -0.25) is 25.3 Å². The minimum Gasteiger partial charge on any atom is -0.454 e. The van der Waals surface area contributed by atoms with Gasteiger partial charge < -0.3 is 4.42 Å². The highest BCUT2D eigenvalue weighted by molar-refractivity contribution is 7.92. The quantitative estimate of drug-likeness (QED) is 0.634. The van der Waals surface area contributed by atoms with Crippen molar-refractivity contribution in [3.05, 3.63) is 53.5 Å². The number of benzene rings is 1. The standard InChI is InChI=1S/C20H27N3O5S/c1-5-23(6-2)13-16-9-12-18(28-16)20(25)22-21-19(24)15-7-10-17(11-8-15)29(26,27)14(3)4/h7-12,14H,5-6,13H2,1-4H3,(H,21,24)(H,22,25). The van der Waals surface area contributed by atoms with Gasteiger partial charge in [0.25, 0.3) is 5.91 Å². The third kappa shape index (κ3) is 5.68. The molecule has 158 valence electrons. The first-order valence-corrected chi connectivity index (χ1v) is 11.0. The Labute approximate surface area is 171 Å². The molecule has 9 heteroatoms. The Morgan fingerprint density at radius 1 is 0.966 bits per heavy atom. The van der Waals surface area contributed by atoms with Crippen LogP contribution in [0.3, 0.4) is 0 Å². The van der Waals surface area contributed by atoms with Gasteiger partial charge in [-0.2, -0.15) is 0 Å². The van der Waals surface area contributed by atoms with Crippen LogP contribution in [0.25, 0.3) is 0 Å². The normalized spacial score (nSPS) is 11.7. The third-order valence-corrected chi connectivity index (χ3v) is 6.68. The maximum atomic E-state index is 12.2. The van der Waals surface area contributed by atoms with Gasteiger partial charge in [0.05, 0.1) is 16.7 Å². The van der Waals surface area contributed by atoms with Crippen molar-refractivity contribution in [1.82, 2.24) is 15.8 Å². The molecule has 0 unspecified atom stereocenters. The van der Waals surface area contributed by atoms with E-state index in [1.807, 2.05) is 13.8 Å². The number of carbonyl (C=O) groups is 2. The Bertz CT molecular complexity index is 945. The van der Waals surface area contributed by atoms with Gasteiger partial charge in [0.15, 0.2) is 15.6 Å². The van der Waals surface area contributed by atoms with E-state index in [4.69, 9.17) is 4.42 Å². The Hall–Kier alpha value is -2.65. The fraction of sp³-hybridized carbons (Fsp3) is 0.400. The van der Waals surface area contributed by atoms with Crippen LogP contribution in [0.1, 0.15) is 54.4 Å². The van der Waals surface area contributed by atoms with Gasteiger partial charge in [0.2, 0.25) is 0 Å². The molecular weight excluding hydrogens is 394 g/mol. The predicted molar refractivity (Wildman–Crippen MR) is 109 cm³/mol. The average Bonchev–Trinajstić information content (AvgIpc) is 3.18. The first kappa shape index (κ1) is 22.6. The van der Waals surface area contributed by atoms with Crippen LogP contribution in [0.2, 0.25) is 0 Å². The highest BCUT2D eigenvalue weighted by atomic mass is 32.2. The summed E-state index contributed by atoms with van der Waals surface area (Å²) in [5, 5.41) is -0.554. The SMILES string of the molecule is CCN(CC)Cc1ccc(C(=O)NNC(=O)c2ccc(S(=O)(=O)C(C)C)cc2)o1. The second-order valence-electron chi connectivity index (χ2n) is 6.75. The van der Waals surface area contributed by atoms with Gasteiger partial charge in [-0.15, -0.1) is 0 Å². The second kappa shape index (κ2) is 9.71. The number of hydrogen-bond donors (Lipinski definition) is 2. The van der Waals surface area contributed by atoms with Crippen molar-refractivity contribution in [2.75, 3.05) is 13.1 Å². The number of rotatable bonds is 8. The predicted octanol–water partition coefficient (Wildman–Crippen LogP) is 2.38. The molecule has 0 saturated carbocycles. The van der Waals surface area contributed by atoms with Gasteiger partial charge in [0.1, 0.15) is 5.76 Å². The molecule has 1 aromatic heterocycles. The van der Waals surface area contributed by atoms with E-state index >= 15 is 0 Å². The highest BCUT2D eigenvalue weighted by Gasteiger charge is 2.19. The molecule has 0 atom stereocenters. The summed E-state index contributed by atoms with van der Waals surface area (Å²) in [5.74, 6) is -0.400. The summed E-state index contributed by atoms with van der Waals surface area (Å²) in [6.45, 7) is 9.60. The van der Waals surface area contributed by atoms with E-state index < -0.39 is 26.9 Å². The molecule has 29 heavy (non-hydrogen) atoms. The number of furan rings is 1. The number of carbonyl (C=O) groups excluding carboxylic acids is 2. The van der Waals surface area contributed by atoms with Gasteiger partial charge in [0, 0.05) is 5.56 Å². The summed E-state index contributed by atoms with van der Waals surface area (Å²) in [6.07, 6.45) is 0. The second-order valence-corrected chi connectivity index (χ2v) is 9.26. The lowest BCUT2D eigenvalue weighted by Crippen LogP contribution is -2.41. The van der Waals surface area contributed by atoms with Crippen LogP contribution < -0.4 is 10.9 Å². The number of hydrazine groups is 1. The molecule has 2 rings (SSSR count). The topological polar surface area (TPSA) is 109 Å². The number of amides is 2. The smallest absolute Gasteiger partial charge is 0.305 e. The van der Waals surface area contributed by atoms with Crippen molar-refractivity contribution < 1.29 is 22.4 Å². The van der Waals surface area contributed by atoms with E-state index in [0.29, 0.717) is 12.3 Å². The van der Waals surface area contributed by atoms with Crippen LogP contribution in [0.15, 0.2) is 45.7 Å². The van der Waals surface area contributed by atoms with Gasteiger partial charge in [-0.05, 0) is 63.3 Å². The van der Waals surface area contributed by atoms with E-state index in [9.17, 15) is 18.0 Å². The van der Waals surface area contributed by atoms with Crippen molar-refractivity contribution in [1.29, 1.82) is 0 Å². The van der Waals surface area contributed by atoms with E-state index in [2.05, 4.69) is 15.8 Å². The van der Waals surface area contributed by atoms with E-state index in [0.717, 1.165) is 13.1 Å². The summed E-state index contributed by atoms with van der Waals surface area (Å²) < 4.78 is 29.8. The van der Waals surface area contributed by atoms with E-state index in [1.165, 1.54) is 24.3 Å². The highest BCUT2D eigenvalue weighted by Crippen LogP contribution is 2.16.